The van der Waals surface area contributed by atoms with Gasteiger partial charge in [-0.25, -0.2) is 4.98 Å². The molecule has 0 aliphatic rings. The highest BCUT2D eigenvalue weighted by molar-refractivity contribution is 7.12. The summed E-state index contributed by atoms with van der Waals surface area (Å²) in [7, 11) is 1.65. The number of methoxy groups -OCH3 is 1. The molecule has 0 unspecified atom stereocenters. The number of carbonyl (C=O) groups is 1. The Kier molecular flexibility index (Phi) is 5.86. The monoisotopic (exact) mass is 367 g/mol. The molecule has 0 saturated carbocycles. The predicted octanol–water partition coefficient (Wildman–Crippen LogP) is 3.83. The number of ether oxygens (including phenoxy) is 1. The zero-order valence-corrected chi connectivity index (χ0v) is 15.5. The Morgan fingerprint density at radius 2 is 2.15 bits per heavy atom. The van der Waals surface area contributed by atoms with Gasteiger partial charge in [-0.2, -0.15) is 0 Å². The minimum atomic E-state index is -0.00102. The Morgan fingerprint density at radius 1 is 1.35 bits per heavy atom. The van der Waals surface area contributed by atoms with Crippen molar-refractivity contribution in [1.82, 2.24) is 14.5 Å². The molecule has 134 valence electrons. The first-order valence-corrected chi connectivity index (χ1v) is 9.16. The standard InChI is InChI=1S/C20H21N3O2S/c1-3-11-23(20(24)18-5-4-13-26-18)15-19-21-10-12-22(19)14-16-6-8-17(25-2)9-7-16/h3-10,12-13H,1,11,14-15H2,2H3. The van der Waals surface area contributed by atoms with Gasteiger partial charge in [-0.1, -0.05) is 24.3 Å². The summed E-state index contributed by atoms with van der Waals surface area (Å²) in [5, 5.41) is 1.91. The summed E-state index contributed by atoms with van der Waals surface area (Å²) in [5.41, 5.74) is 1.14. The van der Waals surface area contributed by atoms with Gasteiger partial charge < -0.3 is 14.2 Å². The van der Waals surface area contributed by atoms with Crippen LogP contribution < -0.4 is 4.74 Å². The van der Waals surface area contributed by atoms with Gasteiger partial charge in [0.15, 0.2) is 0 Å². The van der Waals surface area contributed by atoms with E-state index in [9.17, 15) is 4.79 Å². The molecule has 26 heavy (non-hydrogen) atoms. The van der Waals surface area contributed by atoms with Gasteiger partial charge in [-0.15, -0.1) is 17.9 Å². The van der Waals surface area contributed by atoms with Gasteiger partial charge in [0.1, 0.15) is 11.6 Å². The molecule has 2 aromatic heterocycles. The first-order chi connectivity index (χ1) is 12.7. The van der Waals surface area contributed by atoms with Crippen molar-refractivity contribution < 1.29 is 9.53 Å². The molecule has 0 spiro atoms. The zero-order chi connectivity index (χ0) is 18.4. The van der Waals surface area contributed by atoms with E-state index < -0.39 is 0 Å². The summed E-state index contributed by atoms with van der Waals surface area (Å²) < 4.78 is 7.25. The molecule has 0 atom stereocenters. The molecule has 0 bridgehead atoms. The van der Waals surface area contributed by atoms with Crippen LogP contribution >= 0.6 is 11.3 Å². The third-order valence-electron chi connectivity index (χ3n) is 4.01. The van der Waals surface area contributed by atoms with Gasteiger partial charge in [-0.3, -0.25) is 4.79 Å². The number of thiophene rings is 1. The largest absolute Gasteiger partial charge is 0.497 e. The molecule has 2 heterocycles. The predicted molar refractivity (Wildman–Crippen MR) is 104 cm³/mol. The van der Waals surface area contributed by atoms with Crippen LogP contribution in [0.2, 0.25) is 0 Å². The third-order valence-corrected chi connectivity index (χ3v) is 4.87. The van der Waals surface area contributed by atoms with Crippen LogP contribution in [0.4, 0.5) is 0 Å². The second-order valence-electron chi connectivity index (χ2n) is 5.77. The summed E-state index contributed by atoms with van der Waals surface area (Å²) in [5.74, 6) is 1.67. The van der Waals surface area contributed by atoms with Gasteiger partial charge in [-0.05, 0) is 29.1 Å². The number of rotatable bonds is 8. The van der Waals surface area contributed by atoms with Crippen LogP contribution in [0.3, 0.4) is 0 Å². The lowest BCUT2D eigenvalue weighted by Gasteiger charge is -2.21. The van der Waals surface area contributed by atoms with Gasteiger partial charge >= 0.3 is 0 Å². The van der Waals surface area contributed by atoms with Crippen molar-refractivity contribution in [3.8, 4) is 5.75 Å². The highest BCUT2D eigenvalue weighted by atomic mass is 32.1. The molecule has 0 N–H and O–H groups in total. The molecule has 3 aromatic rings. The van der Waals surface area contributed by atoms with Crippen LogP contribution in [0, 0.1) is 0 Å². The normalized spacial score (nSPS) is 10.5. The molecule has 3 rings (SSSR count). The number of benzene rings is 1. The highest BCUT2D eigenvalue weighted by Crippen LogP contribution is 2.16. The second-order valence-corrected chi connectivity index (χ2v) is 6.72. The van der Waals surface area contributed by atoms with E-state index in [4.69, 9.17) is 4.74 Å². The number of carbonyl (C=O) groups excluding carboxylic acids is 1. The van der Waals surface area contributed by atoms with Gasteiger partial charge in [0.05, 0.1) is 18.5 Å². The quantitative estimate of drug-likeness (QED) is 0.569. The van der Waals surface area contributed by atoms with E-state index in [1.165, 1.54) is 11.3 Å². The molecule has 0 fully saturated rings. The van der Waals surface area contributed by atoms with E-state index >= 15 is 0 Å². The molecule has 0 aliphatic heterocycles. The van der Waals surface area contributed by atoms with Crippen LogP contribution in [-0.2, 0) is 13.1 Å². The van der Waals surface area contributed by atoms with E-state index in [0.717, 1.165) is 22.0 Å². The van der Waals surface area contributed by atoms with Gasteiger partial charge in [0, 0.05) is 25.5 Å². The van der Waals surface area contributed by atoms with Gasteiger partial charge in [0.2, 0.25) is 0 Å². The van der Waals surface area contributed by atoms with Crippen molar-refractivity contribution in [2.24, 2.45) is 0 Å². The maximum Gasteiger partial charge on any atom is 0.264 e. The van der Waals surface area contributed by atoms with E-state index in [1.807, 2.05) is 48.0 Å². The smallest absolute Gasteiger partial charge is 0.264 e. The number of hydrogen-bond acceptors (Lipinski definition) is 4. The Labute approximate surface area is 157 Å². The molecule has 5 nitrogen and oxygen atoms in total. The average molecular weight is 367 g/mol. The summed E-state index contributed by atoms with van der Waals surface area (Å²) >= 11 is 1.44. The number of hydrogen-bond donors (Lipinski definition) is 0. The van der Waals surface area contributed by atoms with Crippen molar-refractivity contribution in [2.75, 3.05) is 13.7 Å². The lowest BCUT2D eigenvalue weighted by molar-refractivity contribution is 0.0762. The molecule has 0 saturated heterocycles. The molecule has 6 heteroatoms. The minimum absolute atomic E-state index is 0.00102. The Hall–Kier alpha value is -2.86. The van der Waals surface area contributed by atoms with Crippen molar-refractivity contribution in [2.45, 2.75) is 13.1 Å². The molecule has 1 amide bonds. The summed E-state index contributed by atoms with van der Waals surface area (Å²) in [6.07, 6.45) is 5.43. The molecular weight excluding hydrogens is 346 g/mol. The molecule has 1 aromatic carbocycles. The highest BCUT2D eigenvalue weighted by Gasteiger charge is 2.18. The second kappa shape index (κ2) is 8.49. The fraction of sp³-hybridized carbons (Fsp3) is 0.200. The van der Waals surface area contributed by atoms with Crippen LogP contribution in [0.15, 0.2) is 66.8 Å². The fourth-order valence-corrected chi connectivity index (χ4v) is 3.36. The van der Waals surface area contributed by atoms with E-state index in [0.29, 0.717) is 19.6 Å². The zero-order valence-electron chi connectivity index (χ0n) is 14.7. The molecule has 0 aliphatic carbocycles. The van der Waals surface area contributed by atoms with Crippen molar-refractivity contribution >= 4 is 17.2 Å². The van der Waals surface area contributed by atoms with Crippen molar-refractivity contribution in [3.63, 3.8) is 0 Å². The first-order valence-electron chi connectivity index (χ1n) is 8.28. The van der Waals surface area contributed by atoms with Crippen LogP contribution in [0.1, 0.15) is 21.1 Å². The van der Waals surface area contributed by atoms with E-state index in [1.54, 1.807) is 24.3 Å². The van der Waals surface area contributed by atoms with Gasteiger partial charge in [0.25, 0.3) is 5.91 Å². The topological polar surface area (TPSA) is 47.4 Å². The fourth-order valence-electron chi connectivity index (χ4n) is 2.67. The maximum absolute atomic E-state index is 12.7. The summed E-state index contributed by atoms with van der Waals surface area (Å²) in [6, 6.07) is 11.7. The number of nitrogens with zero attached hydrogens (tertiary/aromatic N) is 3. The lowest BCUT2D eigenvalue weighted by Crippen LogP contribution is -2.31. The summed E-state index contributed by atoms with van der Waals surface area (Å²) in [4.78, 5) is 19.6. The number of imidazole rings is 1. The lowest BCUT2D eigenvalue weighted by atomic mass is 10.2. The van der Waals surface area contributed by atoms with Crippen LogP contribution in [0.5, 0.6) is 5.75 Å². The summed E-state index contributed by atoms with van der Waals surface area (Å²) in [6.45, 7) is 5.37. The maximum atomic E-state index is 12.7. The number of amides is 1. The Bertz CT molecular complexity index is 854. The Morgan fingerprint density at radius 3 is 2.81 bits per heavy atom. The minimum Gasteiger partial charge on any atom is -0.497 e. The van der Waals surface area contributed by atoms with Crippen LogP contribution in [-0.4, -0.2) is 34.0 Å². The number of aromatic nitrogens is 2. The Balaban J connectivity index is 1.75. The van der Waals surface area contributed by atoms with Crippen LogP contribution in [0.25, 0.3) is 0 Å². The SMILES string of the molecule is C=CCN(Cc1nccn1Cc1ccc(OC)cc1)C(=O)c1cccs1. The average Bonchev–Trinajstić information content (AvgIpc) is 3.34. The first kappa shape index (κ1) is 17.9. The van der Waals surface area contributed by atoms with E-state index in [2.05, 4.69) is 16.1 Å². The van der Waals surface area contributed by atoms with Crippen molar-refractivity contribution in [3.05, 3.63) is 83.1 Å². The van der Waals surface area contributed by atoms with E-state index in [-0.39, 0.29) is 5.91 Å². The molecular formula is C20H21N3O2S. The molecule has 0 radical (unpaired) electrons. The third kappa shape index (κ3) is 4.21. The van der Waals surface area contributed by atoms with Crippen molar-refractivity contribution in [1.29, 1.82) is 0 Å².